The van der Waals surface area contributed by atoms with Crippen LogP contribution in [0.4, 0.5) is 0 Å². The van der Waals surface area contributed by atoms with Crippen molar-refractivity contribution in [1.82, 2.24) is 0 Å². The van der Waals surface area contributed by atoms with Gasteiger partial charge in [0.2, 0.25) is 0 Å². The number of aliphatic hydroxyl groups is 2. The minimum Gasteiger partial charge on any atom is -0.480 e. The zero-order chi connectivity index (χ0) is 16.6. The molecule has 0 saturated carbocycles. The van der Waals surface area contributed by atoms with Gasteiger partial charge in [-0.2, -0.15) is 0 Å². The monoisotopic (exact) mass is 330 g/mol. The third-order valence-electron chi connectivity index (χ3n) is 2.67. The van der Waals surface area contributed by atoms with E-state index in [9.17, 15) is 9.59 Å². The number of carboxylic acids is 2. The van der Waals surface area contributed by atoms with Gasteiger partial charge in [-0.05, 0) is 11.8 Å². The van der Waals surface area contributed by atoms with E-state index in [0.29, 0.717) is 0 Å². The van der Waals surface area contributed by atoms with Crippen molar-refractivity contribution < 1.29 is 30.0 Å². The number of aliphatic hydroxyl groups excluding tert-OH is 2. The molecule has 0 amide bonds. The Morgan fingerprint density at radius 1 is 0.762 bits per heavy atom. The zero-order valence-corrected chi connectivity index (χ0v) is 13.4. The summed E-state index contributed by atoms with van der Waals surface area (Å²) < 4.78 is 0. The van der Waals surface area contributed by atoms with Crippen LogP contribution in [0.3, 0.4) is 0 Å². The molecule has 4 unspecified atom stereocenters. The van der Waals surface area contributed by atoms with Crippen molar-refractivity contribution in [3.63, 3.8) is 0 Å². The van der Waals surface area contributed by atoms with E-state index in [1.807, 2.05) is 0 Å². The van der Waals surface area contributed by atoms with Crippen LogP contribution in [0.1, 0.15) is 27.7 Å². The molecule has 0 aliphatic rings. The van der Waals surface area contributed by atoms with E-state index < -0.39 is 36.2 Å². The highest BCUT2D eigenvalue weighted by Gasteiger charge is 2.24. The summed E-state index contributed by atoms with van der Waals surface area (Å²) in [5.74, 6) is -2.57. The molecule has 8 N–H and O–H groups in total. The van der Waals surface area contributed by atoms with Gasteiger partial charge in [-0.25, -0.2) is 0 Å². The molecule has 0 fully saturated rings. The van der Waals surface area contributed by atoms with E-state index in [-0.39, 0.29) is 24.2 Å². The molecule has 0 saturated heterocycles. The van der Waals surface area contributed by atoms with Crippen molar-refractivity contribution in [2.75, 3.05) is 0 Å². The molecule has 0 aromatic rings. The zero-order valence-electron chi connectivity index (χ0n) is 12.6. The smallest absolute Gasteiger partial charge is 0.323 e. The molecule has 128 valence electrons. The van der Waals surface area contributed by atoms with Crippen molar-refractivity contribution >= 4 is 24.3 Å². The molecule has 0 rings (SSSR count). The van der Waals surface area contributed by atoms with Crippen molar-refractivity contribution in [2.24, 2.45) is 23.3 Å². The highest BCUT2D eigenvalue weighted by molar-refractivity contribution is 5.85. The van der Waals surface area contributed by atoms with Gasteiger partial charge in [-0.3, -0.25) is 9.59 Å². The molecule has 0 aromatic carbocycles. The van der Waals surface area contributed by atoms with Gasteiger partial charge >= 0.3 is 11.9 Å². The van der Waals surface area contributed by atoms with Gasteiger partial charge in [0.05, 0.1) is 12.2 Å². The lowest BCUT2D eigenvalue weighted by Gasteiger charge is -2.17. The number of carboxylic acid groups (broad SMARTS) is 2. The van der Waals surface area contributed by atoms with Crippen molar-refractivity contribution in [2.45, 2.75) is 52.0 Å². The number of carbonyl (C=O) groups is 2. The molecule has 0 aromatic heterocycles. The largest absolute Gasteiger partial charge is 0.480 e. The molecule has 0 heterocycles. The first-order chi connectivity index (χ1) is 8.93. The Morgan fingerprint density at radius 2 is 0.952 bits per heavy atom. The van der Waals surface area contributed by atoms with Crippen LogP contribution in [0.15, 0.2) is 0 Å². The normalized spacial score (nSPS) is 16.1. The van der Waals surface area contributed by atoms with Crippen LogP contribution in [0.2, 0.25) is 0 Å². The molecule has 0 spiro atoms. The van der Waals surface area contributed by atoms with Crippen molar-refractivity contribution in [3.05, 3.63) is 0 Å². The summed E-state index contributed by atoms with van der Waals surface area (Å²) >= 11 is 0. The van der Waals surface area contributed by atoms with Crippen LogP contribution >= 0.6 is 12.4 Å². The average Bonchev–Trinajstić information content (AvgIpc) is 2.35. The maximum Gasteiger partial charge on any atom is 0.323 e. The Balaban J connectivity index is -0.000000295. The van der Waals surface area contributed by atoms with E-state index >= 15 is 0 Å². The van der Waals surface area contributed by atoms with E-state index in [4.69, 9.17) is 31.9 Å². The molecule has 8 nitrogen and oxygen atoms in total. The number of halogens is 1. The highest BCUT2D eigenvalue weighted by Crippen LogP contribution is 2.04. The van der Waals surface area contributed by atoms with Gasteiger partial charge < -0.3 is 31.9 Å². The topological polar surface area (TPSA) is 167 Å². The molecule has 0 bridgehead atoms. The second-order valence-electron chi connectivity index (χ2n) is 5.20. The lowest BCUT2D eigenvalue weighted by molar-refractivity contribution is -0.143. The Morgan fingerprint density at radius 3 is 1.00 bits per heavy atom. The Hall–Kier alpha value is -0.930. The van der Waals surface area contributed by atoms with E-state index in [2.05, 4.69) is 0 Å². The van der Waals surface area contributed by atoms with Crippen LogP contribution in [-0.4, -0.2) is 56.7 Å². The summed E-state index contributed by atoms with van der Waals surface area (Å²) in [4.78, 5) is 20.3. The lowest BCUT2D eigenvalue weighted by Crippen LogP contribution is -2.44. The lowest BCUT2D eigenvalue weighted by atomic mass is 10.0. The average molecular weight is 331 g/mol. The van der Waals surface area contributed by atoms with Crippen LogP contribution in [0.5, 0.6) is 0 Å². The summed E-state index contributed by atoms with van der Waals surface area (Å²) in [6.07, 6.45) is -1.92. The van der Waals surface area contributed by atoms with E-state index in [1.54, 1.807) is 27.7 Å². The maximum absolute atomic E-state index is 10.2. The van der Waals surface area contributed by atoms with Gasteiger partial charge in [0.15, 0.2) is 0 Å². The summed E-state index contributed by atoms with van der Waals surface area (Å²) in [6, 6.07) is -2.33. The fourth-order valence-electron chi connectivity index (χ4n) is 1.12. The van der Waals surface area contributed by atoms with Gasteiger partial charge in [0.1, 0.15) is 12.1 Å². The first-order valence-corrected chi connectivity index (χ1v) is 6.26. The van der Waals surface area contributed by atoms with Crippen LogP contribution < -0.4 is 11.5 Å². The Bertz CT molecular complexity index is 284. The third kappa shape index (κ3) is 10.4. The minimum atomic E-state index is -1.17. The standard InChI is InChI=1S/2C6H13NO3.ClH/c2*1-3(2)5(8)4(7)6(9)10;/h2*3-5,8H,7H2,1-2H3,(H,9,10);1H. The van der Waals surface area contributed by atoms with Crippen LogP contribution in [0.25, 0.3) is 0 Å². The molecular formula is C12H27ClN2O6. The second-order valence-corrected chi connectivity index (χ2v) is 5.20. The van der Waals surface area contributed by atoms with Gasteiger partial charge in [-0.1, -0.05) is 27.7 Å². The van der Waals surface area contributed by atoms with Gasteiger partial charge in [0.25, 0.3) is 0 Å². The molecule has 4 atom stereocenters. The Labute approximate surface area is 130 Å². The van der Waals surface area contributed by atoms with Crippen molar-refractivity contribution in [1.29, 1.82) is 0 Å². The summed E-state index contributed by atoms with van der Waals surface area (Å²) in [6.45, 7) is 6.86. The molecular weight excluding hydrogens is 304 g/mol. The van der Waals surface area contributed by atoms with E-state index in [0.717, 1.165) is 0 Å². The summed E-state index contributed by atoms with van der Waals surface area (Å²) in [5, 5.41) is 34.8. The number of hydrogen-bond acceptors (Lipinski definition) is 6. The molecule has 9 heteroatoms. The van der Waals surface area contributed by atoms with Crippen molar-refractivity contribution in [3.8, 4) is 0 Å². The number of nitrogens with two attached hydrogens (primary N) is 2. The first-order valence-electron chi connectivity index (χ1n) is 6.26. The number of hydrogen-bond donors (Lipinski definition) is 6. The third-order valence-corrected chi connectivity index (χ3v) is 2.67. The Kier molecular flexibility index (Phi) is 14.0. The summed E-state index contributed by atoms with van der Waals surface area (Å²) in [5.41, 5.74) is 10.2. The molecule has 0 aliphatic heterocycles. The number of aliphatic carboxylic acids is 2. The first kappa shape index (κ1) is 25.0. The molecule has 0 aliphatic carbocycles. The van der Waals surface area contributed by atoms with Crippen LogP contribution in [0, 0.1) is 11.8 Å². The minimum absolute atomic E-state index is 0. The second kappa shape index (κ2) is 11.7. The highest BCUT2D eigenvalue weighted by atomic mass is 35.5. The fraction of sp³-hybridized carbons (Fsp3) is 0.833. The van der Waals surface area contributed by atoms with Gasteiger partial charge in [0, 0.05) is 0 Å². The molecule has 21 heavy (non-hydrogen) atoms. The quantitative estimate of drug-likeness (QED) is 0.370. The van der Waals surface area contributed by atoms with Crippen LogP contribution in [-0.2, 0) is 9.59 Å². The van der Waals surface area contributed by atoms with E-state index in [1.165, 1.54) is 0 Å². The number of rotatable bonds is 6. The van der Waals surface area contributed by atoms with Gasteiger partial charge in [-0.15, -0.1) is 12.4 Å². The fourth-order valence-corrected chi connectivity index (χ4v) is 1.12. The SMILES string of the molecule is CC(C)C(O)C(N)C(=O)O.CC(C)C(O)C(N)C(=O)O.Cl. The predicted molar refractivity (Wildman–Crippen MR) is 80.2 cm³/mol. The molecule has 0 radical (unpaired) electrons. The maximum atomic E-state index is 10.2. The predicted octanol–water partition coefficient (Wildman–Crippen LogP) is -0.748. The summed E-state index contributed by atoms with van der Waals surface area (Å²) in [7, 11) is 0.